The van der Waals surface area contributed by atoms with E-state index in [0.29, 0.717) is 30.1 Å². The third-order valence-corrected chi connectivity index (χ3v) is 4.23. The largest absolute Gasteiger partial charge is 0.507 e. The van der Waals surface area contributed by atoms with Crippen LogP contribution in [0.2, 0.25) is 0 Å². The van der Waals surface area contributed by atoms with Crippen molar-refractivity contribution >= 4 is 5.71 Å². The molecule has 1 aromatic carbocycles. The van der Waals surface area contributed by atoms with Crippen molar-refractivity contribution in [2.24, 2.45) is 5.16 Å². The molecule has 0 spiro atoms. The van der Waals surface area contributed by atoms with Crippen LogP contribution in [0.15, 0.2) is 23.4 Å². The maximum Gasteiger partial charge on any atom is 0.125 e. The summed E-state index contributed by atoms with van der Waals surface area (Å²) < 4.78 is 5.45. The fourth-order valence-corrected chi connectivity index (χ4v) is 2.84. The maximum atomic E-state index is 10.0. The van der Waals surface area contributed by atoms with Gasteiger partial charge in [-0.2, -0.15) is 0 Å². The van der Waals surface area contributed by atoms with Gasteiger partial charge in [-0.05, 0) is 38.0 Å². The molecule has 0 unspecified atom stereocenters. The predicted molar refractivity (Wildman–Crippen MR) is 99.4 cm³/mol. The van der Waals surface area contributed by atoms with Crippen molar-refractivity contribution in [2.75, 3.05) is 6.61 Å². The third kappa shape index (κ3) is 7.71. The molecular formula is C20H33NO3. The lowest BCUT2D eigenvalue weighted by atomic mass is 10.0. The highest BCUT2D eigenvalue weighted by Crippen LogP contribution is 2.25. The molecule has 0 saturated carbocycles. The Morgan fingerprint density at radius 1 is 0.958 bits per heavy atom. The van der Waals surface area contributed by atoms with Gasteiger partial charge in [0.2, 0.25) is 0 Å². The molecule has 0 amide bonds. The molecule has 1 aromatic rings. The summed E-state index contributed by atoms with van der Waals surface area (Å²) in [6, 6.07) is 5.04. The van der Waals surface area contributed by atoms with Gasteiger partial charge in [-0.3, -0.25) is 0 Å². The minimum absolute atomic E-state index is 0.127. The number of benzene rings is 1. The fraction of sp³-hybridized carbons (Fsp3) is 0.650. The summed E-state index contributed by atoms with van der Waals surface area (Å²) in [4.78, 5) is 0. The van der Waals surface area contributed by atoms with E-state index in [-0.39, 0.29) is 5.75 Å². The molecule has 0 radical (unpaired) electrons. The number of ether oxygens (including phenoxy) is 1. The summed E-state index contributed by atoms with van der Waals surface area (Å²) in [5.74, 6) is 0.806. The minimum atomic E-state index is 0.127. The normalized spacial score (nSPS) is 11.7. The summed E-state index contributed by atoms with van der Waals surface area (Å²) in [7, 11) is 0. The van der Waals surface area contributed by atoms with Crippen LogP contribution in [0.3, 0.4) is 0 Å². The van der Waals surface area contributed by atoms with Crippen LogP contribution in [0.5, 0.6) is 11.5 Å². The van der Waals surface area contributed by atoms with Crippen molar-refractivity contribution in [3.05, 3.63) is 23.8 Å². The second kappa shape index (κ2) is 12.7. The highest BCUT2D eigenvalue weighted by molar-refractivity contribution is 6.02. The van der Waals surface area contributed by atoms with Crippen molar-refractivity contribution in [2.45, 2.75) is 78.1 Å². The summed E-state index contributed by atoms with van der Waals surface area (Å²) in [5.41, 5.74) is 1.08. The standard InChI is InChI=1S/C20H33NO3/c1-3-5-6-7-8-9-10-11-12-13-19(21-23)18-16-17(24-4-2)14-15-20(18)22/h14-16,22-23H,3-13H2,1-2H3. The lowest BCUT2D eigenvalue weighted by molar-refractivity contribution is 0.317. The summed E-state index contributed by atoms with van der Waals surface area (Å²) in [6.45, 7) is 4.71. The Labute approximate surface area is 146 Å². The van der Waals surface area contributed by atoms with Crippen LogP contribution in [0, 0.1) is 0 Å². The minimum Gasteiger partial charge on any atom is -0.507 e. The van der Waals surface area contributed by atoms with Crippen molar-refractivity contribution in [3.8, 4) is 11.5 Å². The maximum absolute atomic E-state index is 10.0. The molecule has 0 aliphatic rings. The smallest absolute Gasteiger partial charge is 0.125 e. The highest BCUT2D eigenvalue weighted by Gasteiger charge is 2.11. The number of hydrogen-bond donors (Lipinski definition) is 2. The molecule has 0 aliphatic carbocycles. The number of unbranched alkanes of at least 4 members (excludes halogenated alkanes) is 8. The summed E-state index contributed by atoms with van der Waals surface area (Å²) in [5, 5.41) is 22.7. The Hall–Kier alpha value is -1.71. The zero-order chi connectivity index (χ0) is 17.6. The number of nitrogens with zero attached hydrogens (tertiary/aromatic N) is 1. The van der Waals surface area contributed by atoms with Gasteiger partial charge in [-0.1, -0.05) is 63.4 Å². The van der Waals surface area contributed by atoms with Crippen LogP contribution in [0.4, 0.5) is 0 Å². The number of aromatic hydroxyl groups is 1. The van der Waals surface area contributed by atoms with Crippen LogP contribution in [0.1, 0.15) is 83.6 Å². The van der Waals surface area contributed by atoms with Gasteiger partial charge in [0.25, 0.3) is 0 Å². The molecule has 0 aromatic heterocycles. The van der Waals surface area contributed by atoms with Crippen molar-refractivity contribution in [1.29, 1.82) is 0 Å². The number of phenols is 1. The van der Waals surface area contributed by atoms with E-state index in [9.17, 15) is 10.3 Å². The first-order valence-corrected chi connectivity index (χ1v) is 9.40. The van der Waals surface area contributed by atoms with Gasteiger partial charge in [0, 0.05) is 5.56 Å². The molecule has 2 N–H and O–H groups in total. The summed E-state index contributed by atoms with van der Waals surface area (Å²) >= 11 is 0. The van der Waals surface area contributed by atoms with E-state index in [1.54, 1.807) is 18.2 Å². The second-order valence-corrected chi connectivity index (χ2v) is 6.24. The zero-order valence-corrected chi connectivity index (χ0v) is 15.3. The number of rotatable bonds is 13. The average molecular weight is 335 g/mol. The van der Waals surface area contributed by atoms with Gasteiger partial charge in [-0.15, -0.1) is 0 Å². The van der Waals surface area contributed by atoms with E-state index in [4.69, 9.17) is 4.74 Å². The van der Waals surface area contributed by atoms with E-state index < -0.39 is 0 Å². The quantitative estimate of drug-likeness (QED) is 0.204. The molecule has 0 fully saturated rings. The van der Waals surface area contributed by atoms with Gasteiger partial charge in [0.1, 0.15) is 11.5 Å². The molecule has 0 atom stereocenters. The molecule has 24 heavy (non-hydrogen) atoms. The Balaban J connectivity index is 2.34. The van der Waals surface area contributed by atoms with E-state index in [1.165, 1.54) is 44.9 Å². The molecule has 0 aliphatic heterocycles. The van der Waals surface area contributed by atoms with Crippen LogP contribution < -0.4 is 4.74 Å². The molecule has 136 valence electrons. The Kier molecular flexibility index (Phi) is 10.7. The van der Waals surface area contributed by atoms with E-state index in [1.807, 2.05) is 6.92 Å². The molecule has 0 bridgehead atoms. The van der Waals surface area contributed by atoms with E-state index in [0.717, 1.165) is 12.8 Å². The Morgan fingerprint density at radius 2 is 1.58 bits per heavy atom. The van der Waals surface area contributed by atoms with Gasteiger partial charge in [0.05, 0.1) is 12.3 Å². The van der Waals surface area contributed by atoms with E-state index in [2.05, 4.69) is 12.1 Å². The van der Waals surface area contributed by atoms with Gasteiger partial charge < -0.3 is 15.1 Å². The SMILES string of the molecule is CCCCCCCCCCCC(=NO)c1cc(OCC)ccc1O. The fourth-order valence-electron chi connectivity index (χ4n) is 2.84. The summed E-state index contributed by atoms with van der Waals surface area (Å²) in [6.07, 6.45) is 11.9. The molecular weight excluding hydrogens is 302 g/mol. The molecule has 4 heteroatoms. The van der Waals surface area contributed by atoms with Gasteiger partial charge in [0.15, 0.2) is 0 Å². The topological polar surface area (TPSA) is 62.1 Å². The number of hydrogen-bond acceptors (Lipinski definition) is 4. The zero-order valence-electron chi connectivity index (χ0n) is 15.3. The lowest BCUT2D eigenvalue weighted by Gasteiger charge is -2.10. The van der Waals surface area contributed by atoms with Crippen LogP contribution in [0.25, 0.3) is 0 Å². The van der Waals surface area contributed by atoms with Crippen molar-refractivity contribution < 1.29 is 15.1 Å². The monoisotopic (exact) mass is 335 g/mol. The first kappa shape index (κ1) is 20.3. The molecule has 4 nitrogen and oxygen atoms in total. The molecule has 0 saturated heterocycles. The van der Waals surface area contributed by atoms with Crippen LogP contribution in [-0.2, 0) is 0 Å². The third-order valence-electron chi connectivity index (χ3n) is 4.23. The Bertz CT molecular complexity index is 486. The first-order valence-electron chi connectivity index (χ1n) is 9.40. The predicted octanol–water partition coefficient (Wildman–Crippen LogP) is 5.89. The van der Waals surface area contributed by atoms with Crippen molar-refractivity contribution in [1.82, 2.24) is 0 Å². The first-order chi connectivity index (χ1) is 11.7. The lowest BCUT2D eigenvalue weighted by Crippen LogP contribution is -2.03. The average Bonchev–Trinajstić information content (AvgIpc) is 2.59. The Morgan fingerprint density at radius 3 is 2.17 bits per heavy atom. The van der Waals surface area contributed by atoms with Crippen LogP contribution in [-0.4, -0.2) is 22.6 Å². The highest BCUT2D eigenvalue weighted by atomic mass is 16.5. The van der Waals surface area contributed by atoms with Crippen LogP contribution >= 0.6 is 0 Å². The van der Waals surface area contributed by atoms with Gasteiger partial charge in [-0.25, -0.2) is 0 Å². The van der Waals surface area contributed by atoms with Crippen molar-refractivity contribution in [3.63, 3.8) is 0 Å². The number of oxime groups is 1. The number of phenolic OH excluding ortho intramolecular Hbond substituents is 1. The molecule has 0 heterocycles. The second-order valence-electron chi connectivity index (χ2n) is 6.24. The van der Waals surface area contributed by atoms with E-state index >= 15 is 0 Å². The van der Waals surface area contributed by atoms with Gasteiger partial charge >= 0.3 is 0 Å². The molecule has 1 rings (SSSR count).